The fraction of sp³-hybridized carbons (Fsp3) is 0.133. The quantitative estimate of drug-likeness (QED) is 0.824. The number of hydrogen-bond donors (Lipinski definition) is 2. The molecular formula is C15H15NO3. The SMILES string of the molecule is NCC(OC(=O)c1ccccc1)c1cccc(O)c1. The van der Waals surface area contributed by atoms with Gasteiger partial charge in [0.2, 0.25) is 0 Å². The van der Waals surface area contributed by atoms with Gasteiger partial charge in [-0.3, -0.25) is 0 Å². The minimum atomic E-state index is -0.570. The molecule has 3 N–H and O–H groups in total. The van der Waals surface area contributed by atoms with Crippen molar-refractivity contribution in [2.45, 2.75) is 6.10 Å². The first kappa shape index (κ1) is 13.1. The van der Waals surface area contributed by atoms with E-state index in [-0.39, 0.29) is 12.3 Å². The first-order valence-electron chi connectivity index (χ1n) is 5.95. The van der Waals surface area contributed by atoms with Gasteiger partial charge in [-0.25, -0.2) is 4.79 Å². The summed E-state index contributed by atoms with van der Waals surface area (Å²) in [5, 5.41) is 9.43. The first-order valence-corrected chi connectivity index (χ1v) is 5.95. The highest BCUT2D eigenvalue weighted by molar-refractivity contribution is 5.89. The zero-order valence-corrected chi connectivity index (χ0v) is 10.3. The summed E-state index contributed by atoms with van der Waals surface area (Å²) in [7, 11) is 0. The van der Waals surface area contributed by atoms with E-state index >= 15 is 0 Å². The summed E-state index contributed by atoms with van der Waals surface area (Å²) in [6, 6.07) is 15.2. The predicted molar refractivity (Wildman–Crippen MR) is 71.8 cm³/mol. The lowest BCUT2D eigenvalue weighted by atomic mass is 10.1. The molecule has 2 rings (SSSR count). The molecule has 0 radical (unpaired) electrons. The number of ether oxygens (including phenoxy) is 1. The van der Waals surface area contributed by atoms with Gasteiger partial charge in [0.1, 0.15) is 11.9 Å². The molecule has 0 fully saturated rings. The van der Waals surface area contributed by atoms with Crippen LogP contribution in [-0.4, -0.2) is 17.6 Å². The number of carbonyl (C=O) groups is 1. The lowest BCUT2D eigenvalue weighted by Gasteiger charge is -2.16. The fourth-order valence-corrected chi connectivity index (χ4v) is 1.75. The molecule has 1 unspecified atom stereocenters. The Morgan fingerprint density at radius 3 is 2.53 bits per heavy atom. The Morgan fingerprint density at radius 2 is 1.89 bits per heavy atom. The smallest absolute Gasteiger partial charge is 0.338 e. The molecule has 0 bridgehead atoms. The summed E-state index contributed by atoms with van der Waals surface area (Å²) in [5.74, 6) is -0.314. The molecule has 19 heavy (non-hydrogen) atoms. The van der Waals surface area contributed by atoms with Crippen LogP contribution in [0.15, 0.2) is 54.6 Å². The maximum absolute atomic E-state index is 11.9. The molecule has 1 atom stereocenters. The maximum atomic E-state index is 11.9. The molecule has 98 valence electrons. The van der Waals surface area contributed by atoms with Crippen molar-refractivity contribution in [2.75, 3.05) is 6.54 Å². The van der Waals surface area contributed by atoms with Crippen molar-refractivity contribution < 1.29 is 14.6 Å². The van der Waals surface area contributed by atoms with Crippen LogP contribution in [0.3, 0.4) is 0 Å². The summed E-state index contributed by atoms with van der Waals surface area (Å²) in [6.07, 6.45) is -0.570. The van der Waals surface area contributed by atoms with Crippen LogP contribution < -0.4 is 5.73 Å². The fourth-order valence-electron chi connectivity index (χ4n) is 1.75. The maximum Gasteiger partial charge on any atom is 0.338 e. The molecule has 0 aromatic heterocycles. The number of hydrogen-bond acceptors (Lipinski definition) is 4. The van der Waals surface area contributed by atoms with Crippen LogP contribution >= 0.6 is 0 Å². The molecule has 0 heterocycles. The predicted octanol–water partition coefficient (Wildman–Crippen LogP) is 2.25. The zero-order chi connectivity index (χ0) is 13.7. The third-order valence-electron chi connectivity index (χ3n) is 2.71. The molecule has 0 aliphatic heterocycles. The Balaban J connectivity index is 2.14. The summed E-state index contributed by atoms with van der Waals surface area (Å²) >= 11 is 0. The highest BCUT2D eigenvalue weighted by Gasteiger charge is 2.16. The van der Waals surface area contributed by atoms with Gasteiger partial charge in [-0.05, 0) is 29.8 Å². The topological polar surface area (TPSA) is 72.5 Å². The third-order valence-corrected chi connectivity index (χ3v) is 2.71. The lowest BCUT2D eigenvalue weighted by Crippen LogP contribution is -2.19. The number of nitrogens with two attached hydrogens (primary N) is 1. The highest BCUT2D eigenvalue weighted by Crippen LogP contribution is 2.21. The van der Waals surface area contributed by atoms with Gasteiger partial charge in [-0.2, -0.15) is 0 Å². The molecule has 0 amide bonds. The largest absolute Gasteiger partial charge is 0.508 e. The number of benzene rings is 2. The first-order chi connectivity index (χ1) is 9.20. The minimum absolute atomic E-state index is 0.117. The van der Waals surface area contributed by atoms with Crippen LogP contribution in [0.5, 0.6) is 5.75 Å². The lowest BCUT2D eigenvalue weighted by molar-refractivity contribution is 0.0315. The molecule has 4 nitrogen and oxygen atoms in total. The molecular weight excluding hydrogens is 242 g/mol. The van der Waals surface area contributed by atoms with Crippen LogP contribution in [-0.2, 0) is 4.74 Å². The Kier molecular flexibility index (Phi) is 4.15. The Hall–Kier alpha value is -2.33. The highest BCUT2D eigenvalue weighted by atomic mass is 16.5. The molecule has 2 aromatic carbocycles. The van der Waals surface area contributed by atoms with Crippen molar-refractivity contribution in [3.05, 3.63) is 65.7 Å². The van der Waals surface area contributed by atoms with E-state index in [1.165, 1.54) is 6.07 Å². The van der Waals surface area contributed by atoms with Crippen molar-refractivity contribution in [1.29, 1.82) is 0 Å². The summed E-state index contributed by atoms with van der Waals surface area (Å²) in [4.78, 5) is 11.9. The van der Waals surface area contributed by atoms with Crippen molar-refractivity contribution in [1.82, 2.24) is 0 Å². The zero-order valence-electron chi connectivity index (χ0n) is 10.3. The monoisotopic (exact) mass is 257 g/mol. The molecule has 4 heteroatoms. The van der Waals surface area contributed by atoms with Gasteiger partial charge < -0.3 is 15.6 Å². The number of aromatic hydroxyl groups is 1. The molecule has 0 saturated heterocycles. The molecule has 0 aliphatic carbocycles. The average molecular weight is 257 g/mol. The van der Waals surface area contributed by atoms with Crippen LogP contribution in [0, 0.1) is 0 Å². The Morgan fingerprint density at radius 1 is 1.16 bits per heavy atom. The van der Waals surface area contributed by atoms with Gasteiger partial charge in [-0.15, -0.1) is 0 Å². The van der Waals surface area contributed by atoms with Gasteiger partial charge in [0.05, 0.1) is 5.56 Å². The van der Waals surface area contributed by atoms with Crippen molar-refractivity contribution >= 4 is 5.97 Å². The summed E-state index contributed by atoms with van der Waals surface area (Å²) < 4.78 is 5.35. The molecule has 0 saturated carbocycles. The summed E-state index contributed by atoms with van der Waals surface area (Å²) in [6.45, 7) is 0.155. The van der Waals surface area contributed by atoms with E-state index in [1.54, 1.807) is 42.5 Å². The number of phenols is 1. The van der Waals surface area contributed by atoms with E-state index in [4.69, 9.17) is 10.5 Å². The van der Waals surface area contributed by atoms with E-state index in [9.17, 15) is 9.90 Å². The normalized spacial score (nSPS) is 11.8. The van der Waals surface area contributed by atoms with Crippen molar-refractivity contribution in [3.63, 3.8) is 0 Å². The molecule has 0 aliphatic rings. The standard InChI is InChI=1S/C15H15NO3/c16-10-14(12-7-4-8-13(17)9-12)19-15(18)11-5-2-1-3-6-11/h1-9,14,17H,10,16H2. The Labute approximate surface area is 111 Å². The molecule has 0 spiro atoms. The van der Waals surface area contributed by atoms with Gasteiger partial charge in [0.25, 0.3) is 0 Å². The van der Waals surface area contributed by atoms with Gasteiger partial charge in [0, 0.05) is 6.54 Å². The van der Waals surface area contributed by atoms with E-state index < -0.39 is 12.1 Å². The van der Waals surface area contributed by atoms with Crippen LogP contribution in [0.4, 0.5) is 0 Å². The number of phenolic OH excluding ortho intramolecular Hbond substituents is 1. The number of carbonyl (C=O) groups excluding carboxylic acids is 1. The average Bonchev–Trinajstić information content (AvgIpc) is 2.45. The van der Waals surface area contributed by atoms with E-state index in [0.29, 0.717) is 11.1 Å². The second-order valence-corrected chi connectivity index (χ2v) is 4.09. The Bertz CT molecular complexity index is 554. The van der Waals surface area contributed by atoms with E-state index in [2.05, 4.69) is 0 Å². The number of esters is 1. The van der Waals surface area contributed by atoms with Crippen LogP contribution in [0.25, 0.3) is 0 Å². The summed E-state index contributed by atoms with van der Waals surface area (Å²) in [5.41, 5.74) is 6.77. The van der Waals surface area contributed by atoms with Crippen molar-refractivity contribution in [3.8, 4) is 5.75 Å². The second kappa shape index (κ2) is 6.02. The van der Waals surface area contributed by atoms with Crippen LogP contribution in [0.1, 0.15) is 22.0 Å². The third kappa shape index (κ3) is 3.33. The number of rotatable bonds is 4. The van der Waals surface area contributed by atoms with Crippen LogP contribution in [0.2, 0.25) is 0 Å². The molecule has 2 aromatic rings. The van der Waals surface area contributed by atoms with Gasteiger partial charge in [0.15, 0.2) is 0 Å². The van der Waals surface area contributed by atoms with E-state index in [1.807, 2.05) is 6.07 Å². The minimum Gasteiger partial charge on any atom is -0.508 e. The van der Waals surface area contributed by atoms with Crippen molar-refractivity contribution in [2.24, 2.45) is 5.73 Å². The second-order valence-electron chi connectivity index (χ2n) is 4.09. The van der Waals surface area contributed by atoms with E-state index in [0.717, 1.165) is 0 Å². The van der Waals surface area contributed by atoms with Gasteiger partial charge >= 0.3 is 5.97 Å². The van der Waals surface area contributed by atoms with Gasteiger partial charge in [-0.1, -0.05) is 30.3 Å².